The van der Waals surface area contributed by atoms with Crippen LogP contribution >= 0.6 is 15.9 Å². The normalized spacial score (nSPS) is 10.4. The van der Waals surface area contributed by atoms with Crippen molar-refractivity contribution in [1.82, 2.24) is 4.98 Å². The molecule has 0 aliphatic carbocycles. The van der Waals surface area contributed by atoms with Crippen LogP contribution in [0.4, 0.5) is 11.5 Å². The van der Waals surface area contributed by atoms with E-state index in [9.17, 15) is 0 Å². The van der Waals surface area contributed by atoms with E-state index in [0.29, 0.717) is 0 Å². The van der Waals surface area contributed by atoms with Crippen LogP contribution < -0.4 is 10.6 Å². The molecule has 0 amide bonds. The quantitative estimate of drug-likeness (QED) is 0.851. The zero-order valence-electron chi connectivity index (χ0n) is 11.0. The third-order valence-electron chi connectivity index (χ3n) is 2.86. The van der Waals surface area contributed by atoms with Crippen molar-refractivity contribution in [3.8, 4) is 0 Å². The van der Waals surface area contributed by atoms with Gasteiger partial charge in [0.15, 0.2) is 0 Å². The van der Waals surface area contributed by atoms with Gasteiger partial charge in [0, 0.05) is 25.0 Å². The van der Waals surface area contributed by atoms with Gasteiger partial charge in [-0.3, -0.25) is 0 Å². The van der Waals surface area contributed by atoms with E-state index in [4.69, 9.17) is 5.73 Å². The Labute approximate surface area is 122 Å². The number of pyridine rings is 1. The highest BCUT2D eigenvalue weighted by Crippen LogP contribution is 2.25. The molecule has 0 saturated heterocycles. The fraction of sp³-hybridized carbons (Fsp3) is 0.267. The third-order valence-corrected chi connectivity index (χ3v) is 3.48. The largest absolute Gasteiger partial charge is 0.399 e. The fourth-order valence-corrected chi connectivity index (χ4v) is 2.56. The van der Waals surface area contributed by atoms with Gasteiger partial charge in [-0.15, -0.1) is 0 Å². The van der Waals surface area contributed by atoms with Crippen LogP contribution in [0.15, 0.2) is 47.1 Å². The van der Waals surface area contributed by atoms with Crippen LogP contribution in [-0.2, 0) is 6.54 Å². The summed E-state index contributed by atoms with van der Waals surface area (Å²) in [6.07, 6.45) is 2.90. The molecule has 0 radical (unpaired) electrons. The van der Waals surface area contributed by atoms with Gasteiger partial charge in [0.1, 0.15) is 5.82 Å². The minimum Gasteiger partial charge on any atom is -0.399 e. The van der Waals surface area contributed by atoms with E-state index in [0.717, 1.165) is 35.5 Å². The molecule has 0 spiro atoms. The Hall–Kier alpha value is -1.55. The Morgan fingerprint density at radius 2 is 2.11 bits per heavy atom. The maximum Gasteiger partial charge on any atom is 0.143 e. The Kier molecular flexibility index (Phi) is 4.80. The predicted octanol–water partition coefficient (Wildman–Crippen LogP) is 3.84. The minimum absolute atomic E-state index is 0.800. The number of nitrogens with two attached hydrogens (primary N) is 1. The number of nitrogen functional groups attached to an aromatic ring is 1. The van der Waals surface area contributed by atoms with E-state index in [2.05, 4.69) is 38.8 Å². The molecule has 1 aromatic carbocycles. The number of anilines is 2. The van der Waals surface area contributed by atoms with Gasteiger partial charge in [-0.1, -0.05) is 19.1 Å². The second kappa shape index (κ2) is 6.57. The van der Waals surface area contributed by atoms with Crippen molar-refractivity contribution in [2.45, 2.75) is 19.9 Å². The molecule has 0 bridgehead atoms. The number of aromatic nitrogens is 1. The zero-order chi connectivity index (χ0) is 13.7. The van der Waals surface area contributed by atoms with Gasteiger partial charge in [-0.2, -0.15) is 0 Å². The summed E-state index contributed by atoms with van der Waals surface area (Å²) in [5, 5.41) is 0. The summed E-state index contributed by atoms with van der Waals surface area (Å²) in [5.74, 6) is 0.978. The number of nitrogens with zero attached hydrogens (tertiary/aromatic N) is 2. The van der Waals surface area contributed by atoms with E-state index in [-0.39, 0.29) is 0 Å². The molecule has 0 aliphatic rings. The van der Waals surface area contributed by atoms with Crippen molar-refractivity contribution in [3.63, 3.8) is 0 Å². The van der Waals surface area contributed by atoms with E-state index in [1.165, 1.54) is 5.56 Å². The molecule has 0 unspecified atom stereocenters. The molecule has 3 nitrogen and oxygen atoms in total. The highest BCUT2D eigenvalue weighted by atomic mass is 79.9. The van der Waals surface area contributed by atoms with Gasteiger partial charge < -0.3 is 10.6 Å². The maximum absolute atomic E-state index is 5.83. The van der Waals surface area contributed by atoms with Gasteiger partial charge >= 0.3 is 0 Å². The Balaban J connectivity index is 2.24. The van der Waals surface area contributed by atoms with Crippen molar-refractivity contribution in [1.29, 1.82) is 0 Å². The summed E-state index contributed by atoms with van der Waals surface area (Å²) >= 11 is 3.57. The monoisotopic (exact) mass is 319 g/mol. The number of hydrogen-bond donors (Lipinski definition) is 1. The number of halogens is 1. The first-order valence-corrected chi connectivity index (χ1v) is 7.20. The topological polar surface area (TPSA) is 42.1 Å². The lowest BCUT2D eigenvalue weighted by Gasteiger charge is -2.24. The second-order valence-corrected chi connectivity index (χ2v) is 5.33. The molecule has 2 N–H and O–H groups in total. The Morgan fingerprint density at radius 1 is 1.26 bits per heavy atom. The van der Waals surface area contributed by atoms with Crippen LogP contribution in [0.2, 0.25) is 0 Å². The molecule has 0 aliphatic heterocycles. The predicted molar refractivity (Wildman–Crippen MR) is 84.1 cm³/mol. The molecule has 1 heterocycles. The van der Waals surface area contributed by atoms with E-state index in [1.807, 2.05) is 36.5 Å². The molecular formula is C15H18BrN3. The molecule has 0 atom stereocenters. The summed E-state index contributed by atoms with van der Waals surface area (Å²) in [7, 11) is 0. The standard InChI is InChI=1S/C15H18BrN3/c1-2-9-19(15-14(16)7-4-8-18-15)11-12-5-3-6-13(17)10-12/h3-8,10H,2,9,11,17H2,1H3. The lowest BCUT2D eigenvalue weighted by Crippen LogP contribution is -2.24. The lowest BCUT2D eigenvalue weighted by molar-refractivity contribution is 0.753. The van der Waals surface area contributed by atoms with Crippen LogP contribution in [-0.4, -0.2) is 11.5 Å². The summed E-state index contributed by atoms with van der Waals surface area (Å²) in [6, 6.07) is 11.9. The number of rotatable bonds is 5. The molecule has 1 aromatic heterocycles. The Morgan fingerprint density at radius 3 is 2.79 bits per heavy atom. The molecule has 19 heavy (non-hydrogen) atoms. The van der Waals surface area contributed by atoms with Gasteiger partial charge in [-0.05, 0) is 52.2 Å². The van der Waals surface area contributed by atoms with Crippen LogP contribution in [0, 0.1) is 0 Å². The number of hydrogen-bond acceptors (Lipinski definition) is 3. The van der Waals surface area contributed by atoms with Crippen LogP contribution in [0.5, 0.6) is 0 Å². The van der Waals surface area contributed by atoms with E-state index < -0.39 is 0 Å². The van der Waals surface area contributed by atoms with Crippen molar-refractivity contribution in [3.05, 3.63) is 52.6 Å². The smallest absolute Gasteiger partial charge is 0.143 e. The van der Waals surface area contributed by atoms with Crippen LogP contribution in [0.1, 0.15) is 18.9 Å². The lowest BCUT2D eigenvalue weighted by atomic mass is 10.2. The SMILES string of the molecule is CCCN(Cc1cccc(N)c1)c1ncccc1Br. The van der Waals surface area contributed by atoms with E-state index in [1.54, 1.807) is 0 Å². The summed E-state index contributed by atoms with van der Waals surface area (Å²) < 4.78 is 1.02. The van der Waals surface area contributed by atoms with Crippen molar-refractivity contribution in [2.24, 2.45) is 0 Å². The molecule has 2 rings (SSSR count). The summed E-state index contributed by atoms with van der Waals surface area (Å²) in [5.41, 5.74) is 7.83. The van der Waals surface area contributed by atoms with Crippen molar-refractivity contribution in [2.75, 3.05) is 17.2 Å². The van der Waals surface area contributed by atoms with Gasteiger partial charge in [-0.25, -0.2) is 4.98 Å². The van der Waals surface area contributed by atoms with Gasteiger partial charge in [0.25, 0.3) is 0 Å². The average molecular weight is 320 g/mol. The average Bonchev–Trinajstić information content (AvgIpc) is 2.39. The number of benzene rings is 1. The van der Waals surface area contributed by atoms with E-state index >= 15 is 0 Å². The molecular weight excluding hydrogens is 302 g/mol. The summed E-state index contributed by atoms with van der Waals surface area (Å²) in [4.78, 5) is 6.73. The van der Waals surface area contributed by atoms with Crippen molar-refractivity contribution < 1.29 is 0 Å². The first-order chi connectivity index (χ1) is 9.20. The van der Waals surface area contributed by atoms with Gasteiger partial charge in [0.05, 0.1) is 4.47 Å². The highest BCUT2D eigenvalue weighted by molar-refractivity contribution is 9.10. The minimum atomic E-state index is 0.800. The first kappa shape index (κ1) is 13.9. The second-order valence-electron chi connectivity index (χ2n) is 4.48. The zero-order valence-corrected chi connectivity index (χ0v) is 12.6. The molecule has 0 fully saturated rings. The molecule has 2 aromatic rings. The van der Waals surface area contributed by atoms with Crippen LogP contribution in [0.25, 0.3) is 0 Å². The molecule has 4 heteroatoms. The van der Waals surface area contributed by atoms with Crippen LogP contribution in [0.3, 0.4) is 0 Å². The maximum atomic E-state index is 5.83. The highest BCUT2D eigenvalue weighted by Gasteiger charge is 2.11. The third kappa shape index (κ3) is 3.70. The molecule has 100 valence electrons. The first-order valence-electron chi connectivity index (χ1n) is 6.40. The van der Waals surface area contributed by atoms with Gasteiger partial charge in [0.2, 0.25) is 0 Å². The summed E-state index contributed by atoms with van der Waals surface area (Å²) in [6.45, 7) is 3.95. The Bertz CT molecular complexity index is 542. The fourth-order valence-electron chi connectivity index (χ4n) is 2.05. The molecule has 0 saturated carbocycles. The van der Waals surface area contributed by atoms with Crippen molar-refractivity contribution >= 4 is 27.4 Å².